The monoisotopic (exact) mass is 396 g/mol. The zero-order valence-electron chi connectivity index (χ0n) is 19.0. The van der Waals surface area contributed by atoms with Crippen LogP contribution in [0.15, 0.2) is 36.8 Å². The van der Waals surface area contributed by atoms with E-state index in [1.165, 1.54) is 0 Å². The maximum Gasteiger partial charge on any atom is 0.245 e. The van der Waals surface area contributed by atoms with Crippen molar-refractivity contribution in [3.8, 4) is 0 Å². The van der Waals surface area contributed by atoms with E-state index in [0.29, 0.717) is 17.8 Å². The second-order valence-corrected chi connectivity index (χ2v) is 9.52. The molecule has 0 bridgehead atoms. The molecule has 0 N–H and O–H groups in total. The summed E-state index contributed by atoms with van der Waals surface area (Å²) in [5.41, 5.74) is 3.28. The maximum absolute atomic E-state index is 4.91. The highest BCUT2D eigenvalue weighted by atomic mass is 15.6. The van der Waals surface area contributed by atoms with Crippen molar-refractivity contribution in [1.29, 1.82) is 0 Å². The van der Waals surface area contributed by atoms with Crippen LogP contribution < -0.4 is 0 Å². The molecule has 3 aromatic heterocycles. The molecule has 0 aliphatic rings. The predicted octanol–water partition coefficient (Wildman–Crippen LogP) is 4.60. The fourth-order valence-electron chi connectivity index (χ4n) is 3.69. The van der Waals surface area contributed by atoms with Gasteiger partial charge in [0.15, 0.2) is 0 Å². The van der Waals surface area contributed by atoms with Gasteiger partial charge in [0.25, 0.3) is 0 Å². The van der Waals surface area contributed by atoms with Gasteiger partial charge in [-0.15, -0.1) is 0 Å². The minimum atomic E-state index is -0.681. The molecule has 0 unspecified atom stereocenters. The fourth-order valence-corrected chi connectivity index (χ4v) is 3.69. The first-order chi connectivity index (χ1) is 13.7. The van der Waals surface area contributed by atoms with Crippen LogP contribution in [0.5, 0.6) is 0 Å². The molecule has 158 valence electrons. The van der Waals surface area contributed by atoms with Crippen LogP contribution in [0.1, 0.15) is 65.5 Å². The first-order valence-corrected chi connectivity index (χ1v) is 10.8. The Kier molecular flexibility index (Phi) is 6.30. The smallest absolute Gasteiger partial charge is 0.225 e. The van der Waals surface area contributed by atoms with Gasteiger partial charge in [-0.2, -0.15) is 15.3 Å². The molecule has 0 amide bonds. The third kappa shape index (κ3) is 4.80. The maximum atomic E-state index is 4.91. The minimum Gasteiger partial charge on any atom is -0.225 e. The average Bonchev–Trinajstić information content (AvgIpc) is 3.34. The van der Waals surface area contributed by atoms with E-state index in [-0.39, 0.29) is 0 Å². The molecule has 6 nitrogen and oxygen atoms in total. The number of nitrogens with zero attached hydrogens (tertiary/aromatic N) is 6. The lowest BCUT2D eigenvalue weighted by molar-refractivity contribution is 0.139. The molecule has 0 aliphatic carbocycles. The Morgan fingerprint density at radius 1 is 0.621 bits per heavy atom. The number of hydrogen-bond acceptors (Lipinski definition) is 3. The van der Waals surface area contributed by atoms with E-state index in [1.54, 1.807) is 0 Å². The van der Waals surface area contributed by atoms with Crippen LogP contribution in [0.25, 0.3) is 0 Å². The highest BCUT2D eigenvalue weighted by Gasteiger charge is 2.34. The second kappa shape index (κ2) is 8.56. The summed E-state index contributed by atoms with van der Waals surface area (Å²) >= 11 is 0. The zero-order valence-corrected chi connectivity index (χ0v) is 19.0. The Hall–Kier alpha value is -2.37. The third-order valence-corrected chi connectivity index (χ3v) is 5.09. The topological polar surface area (TPSA) is 53.5 Å². The summed E-state index contributed by atoms with van der Waals surface area (Å²) in [6.45, 7) is 15.4. The van der Waals surface area contributed by atoms with Crippen molar-refractivity contribution in [3.05, 3.63) is 53.9 Å². The zero-order chi connectivity index (χ0) is 21.2. The Morgan fingerprint density at radius 3 is 1.14 bits per heavy atom. The molecule has 0 saturated heterocycles. The van der Waals surface area contributed by atoms with Crippen LogP contribution in [0, 0.1) is 17.8 Å². The molecule has 3 rings (SSSR count). The Bertz CT molecular complexity index is 794. The molecular formula is C23H36N6. The molecule has 0 saturated carbocycles. The van der Waals surface area contributed by atoms with Crippen molar-refractivity contribution in [1.82, 2.24) is 29.3 Å². The van der Waals surface area contributed by atoms with E-state index in [9.17, 15) is 0 Å². The van der Waals surface area contributed by atoms with Crippen LogP contribution in [-0.4, -0.2) is 29.3 Å². The van der Waals surface area contributed by atoms with Gasteiger partial charge in [-0.1, -0.05) is 41.5 Å². The van der Waals surface area contributed by atoms with Gasteiger partial charge in [0.1, 0.15) is 0 Å². The van der Waals surface area contributed by atoms with Gasteiger partial charge in [0, 0.05) is 25.5 Å². The van der Waals surface area contributed by atoms with Crippen LogP contribution in [0.4, 0.5) is 0 Å². The second-order valence-electron chi connectivity index (χ2n) is 9.52. The summed E-state index contributed by atoms with van der Waals surface area (Å²) in [5.74, 6) is 1.01. The molecule has 0 aromatic carbocycles. The first-order valence-electron chi connectivity index (χ1n) is 10.8. The minimum absolute atomic E-state index is 0.564. The van der Waals surface area contributed by atoms with Crippen molar-refractivity contribution < 1.29 is 0 Å². The van der Waals surface area contributed by atoms with Gasteiger partial charge >= 0.3 is 0 Å². The van der Waals surface area contributed by atoms with E-state index < -0.39 is 5.79 Å². The molecule has 0 spiro atoms. The molecule has 0 fully saturated rings. The van der Waals surface area contributed by atoms with E-state index in [0.717, 1.165) is 36.3 Å². The van der Waals surface area contributed by atoms with Gasteiger partial charge in [-0.05, 0) is 55.2 Å². The largest absolute Gasteiger partial charge is 0.245 e. The number of aromatic nitrogens is 6. The van der Waals surface area contributed by atoms with Gasteiger partial charge in [0.05, 0.1) is 17.1 Å². The molecule has 3 aromatic rings. The van der Waals surface area contributed by atoms with Gasteiger partial charge in [0.2, 0.25) is 5.79 Å². The Labute approximate surface area is 174 Å². The Morgan fingerprint density at radius 2 is 0.897 bits per heavy atom. The summed E-state index contributed by atoms with van der Waals surface area (Å²) in [4.78, 5) is 0. The normalized spacial score (nSPS) is 12.6. The quantitative estimate of drug-likeness (QED) is 0.531. The lowest BCUT2D eigenvalue weighted by Crippen LogP contribution is -2.46. The predicted molar refractivity (Wildman–Crippen MR) is 117 cm³/mol. The van der Waals surface area contributed by atoms with Gasteiger partial charge < -0.3 is 0 Å². The van der Waals surface area contributed by atoms with Crippen molar-refractivity contribution in [2.45, 2.75) is 73.5 Å². The summed E-state index contributed by atoms with van der Waals surface area (Å²) < 4.78 is 5.97. The van der Waals surface area contributed by atoms with Crippen LogP contribution >= 0.6 is 0 Å². The van der Waals surface area contributed by atoms with E-state index >= 15 is 0 Å². The van der Waals surface area contributed by atoms with Crippen LogP contribution in [-0.2, 0) is 25.0 Å². The SMILES string of the molecule is CC(C)Cc1ccn(C(C)(n2ccc(CC(C)C)n2)n2ccc(CC(C)C)n2)n1. The van der Waals surface area contributed by atoms with Crippen molar-refractivity contribution in [2.75, 3.05) is 0 Å². The molecule has 0 atom stereocenters. The van der Waals surface area contributed by atoms with E-state index in [1.807, 2.05) is 32.6 Å². The summed E-state index contributed by atoms with van der Waals surface area (Å²) in [5, 5.41) is 14.7. The van der Waals surface area contributed by atoms with Crippen molar-refractivity contribution in [2.24, 2.45) is 17.8 Å². The van der Waals surface area contributed by atoms with Crippen LogP contribution in [0.3, 0.4) is 0 Å². The molecule has 29 heavy (non-hydrogen) atoms. The van der Waals surface area contributed by atoms with Crippen molar-refractivity contribution >= 4 is 0 Å². The van der Waals surface area contributed by atoms with Gasteiger partial charge in [-0.25, -0.2) is 14.0 Å². The molecule has 6 heteroatoms. The lowest BCUT2D eigenvalue weighted by Gasteiger charge is -2.31. The fraction of sp³-hybridized carbons (Fsp3) is 0.609. The van der Waals surface area contributed by atoms with Crippen LogP contribution in [0.2, 0.25) is 0 Å². The Balaban J connectivity index is 2.04. The highest BCUT2D eigenvalue weighted by Crippen LogP contribution is 2.23. The summed E-state index contributed by atoms with van der Waals surface area (Å²) in [6.07, 6.45) is 9.01. The molecular weight excluding hydrogens is 360 g/mol. The summed E-state index contributed by atoms with van der Waals surface area (Å²) in [7, 11) is 0. The highest BCUT2D eigenvalue weighted by molar-refractivity contribution is 5.08. The van der Waals surface area contributed by atoms with E-state index in [4.69, 9.17) is 15.3 Å². The van der Waals surface area contributed by atoms with E-state index in [2.05, 4.69) is 66.7 Å². The van der Waals surface area contributed by atoms with Crippen molar-refractivity contribution in [3.63, 3.8) is 0 Å². The first kappa shape index (κ1) is 21.3. The summed E-state index contributed by atoms with van der Waals surface area (Å²) in [6, 6.07) is 6.32. The number of hydrogen-bond donors (Lipinski definition) is 0. The standard InChI is InChI=1S/C23H36N6/c1-17(2)14-20-8-11-27(24-20)23(7,28-12-9-21(25-28)15-18(3)4)29-13-10-22(26-29)16-19(5)6/h8-13,17-19H,14-16H2,1-7H3. The lowest BCUT2D eigenvalue weighted by atomic mass is 10.1. The molecule has 0 aliphatic heterocycles. The van der Waals surface area contributed by atoms with Gasteiger partial charge in [-0.3, -0.25) is 0 Å². The third-order valence-electron chi connectivity index (χ3n) is 5.09. The average molecular weight is 397 g/mol. The number of rotatable bonds is 9. The molecule has 3 heterocycles. The molecule has 0 radical (unpaired) electrons.